The van der Waals surface area contributed by atoms with E-state index in [9.17, 15) is 5.11 Å². The molecule has 6 rings (SSSR count). The van der Waals surface area contributed by atoms with Gasteiger partial charge in [-0.3, -0.25) is 4.90 Å². The molecular formula is C37H63N3O. The van der Waals surface area contributed by atoms with Crippen LogP contribution in [-0.2, 0) is 0 Å². The van der Waals surface area contributed by atoms with Crippen LogP contribution in [0.4, 0.5) is 0 Å². The van der Waals surface area contributed by atoms with Crippen LogP contribution >= 0.6 is 0 Å². The molecule has 8 atom stereocenters. The van der Waals surface area contributed by atoms with E-state index in [0.717, 1.165) is 45.7 Å². The summed E-state index contributed by atoms with van der Waals surface area (Å²) in [6.07, 6.45) is 15.1. The molecule has 3 N–H and O–H groups in total. The normalized spacial score (nSPS) is 47.2. The SMILES string of the molecule is C=C(NCCN1CCNCC1)[C@]12CCC(C)(C)C[C@H]1C1=CC[C@@H]3[C@@]4(C)CC[C@H](O)C(C)(C)[C@@H]4CC[C@@]3(C)[C@]1(C)CC2. The molecular weight excluding hydrogens is 502 g/mol. The van der Waals surface area contributed by atoms with Crippen LogP contribution in [0.1, 0.15) is 113 Å². The standard InChI is InChI=1S/C37H63N3O/c1-26(39-21-24-40-22-19-38-20-23-40)37-17-15-32(2,3)25-28(37)27-9-10-30-34(6)13-12-31(41)33(4,5)29(34)11-14-36(30,8)35(27,7)16-18-37/h9,28-31,38-39,41H,1,10-25H2,2-8H3/t28-,29-,30+,31-,34-,35+,36+,37+/m0/s1. The third-order valence-corrected chi connectivity index (χ3v) is 15.2. The molecule has 5 fully saturated rings. The van der Waals surface area contributed by atoms with E-state index in [-0.39, 0.29) is 22.3 Å². The van der Waals surface area contributed by atoms with Gasteiger partial charge in [-0.2, -0.15) is 0 Å². The Balaban J connectivity index is 1.30. The predicted octanol–water partition coefficient (Wildman–Crippen LogP) is 7.16. The molecule has 0 bridgehead atoms. The molecule has 1 aliphatic heterocycles. The quantitative estimate of drug-likeness (QED) is 0.310. The van der Waals surface area contributed by atoms with Crippen molar-refractivity contribution in [2.24, 2.45) is 50.2 Å². The summed E-state index contributed by atoms with van der Waals surface area (Å²) in [6.45, 7) is 29.4. The third kappa shape index (κ3) is 4.46. The first-order valence-corrected chi connectivity index (χ1v) is 17.4. The van der Waals surface area contributed by atoms with Gasteiger partial charge < -0.3 is 15.7 Å². The average molecular weight is 566 g/mol. The van der Waals surface area contributed by atoms with Gasteiger partial charge in [-0.05, 0) is 109 Å². The van der Waals surface area contributed by atoms with Crippen LogP contribution in [0.15, 0.2) is 23.9 Å². The van der Waals surface area contributed by atoms with Crippen molar-refractivity contribution < 1.29 is 5.11 Å². The first-order valence-electron chi connectivity index (χ1n) is 17.4. The van der Waals surface area contributed by atoms with Gasteiger partial charge in [0.05, 0.1) is 6.10 Å². The molecule has 0 aromatic rings. The van der Waals surface area contributed by atoms with Gasteiger partial charge in [-0.15, -0.1) is 0 Å². The lowest BCUT2D eigenvalue weighted by Crippen LogP contribution is -2.64. The van der Waals surface area contributed by atoms with E-state index in [4.69, 9.17) is 6.58 Å². The molecule has 0 aromatic carbocycles. The number of allylic oxidation sites excluding steroid dienone is 3. The zero-order valence-corrected chi connectivity index (χ0v) is 27.8. The Morgan fingerprint density at radius 3 is 2.39 bits per heavy atom. The molecule has 0 radical (unpaired) electrons. The van der Waals surface area contributed by atoms with Gasteiger partial charge in [-0.25, -0.2) is 0 Å². The van der Waals surface area contributed by atoms with Crippen molar-refractivity contribution in [3.8, 4) is 0 Å². The maximum absolute atomic E-state index is 11.1. The number of hydrogen-bond donors (Lipinski definition) is 3. The Morgan fingerprint density at radius 1 is 0.951 bits per heavy atom. The fourth-order valence-electron chi connectivity index (χ4n) is 12.2. The summed E-state index contributed by atoms with van der Waals surface area (Å²) in [5.41, 5.74) is 4.67. The van der Waals surface area contributed by atoms with Crippen LogP contribution < -0.4 is 10.6 Å². The first-order chi connectivity index (χ1) is 19.2. The minimum absolute atomic E-state index is 0.0163. The Bertz CT molecular complexity index is 1060. The fraction of sp³-hybridized carbons (Fsp3) is 0.892. The maximum atomic E-state index is 11.1. The van der Waals surface area contributed by atoms with Crippen molar-refractivity contribution in [3.05, 3.63) is 23.9 Å². The molecule has 0 spiro atoms. The largest absolute Gasteiger partial charge is 0.393 e. The molecule has 0 aromatic heterocycles. The lowest BCUT2D eigenvalue weighted by molar-refractivity contribution is -0.202. The second-order valence-corrected chi connectivity index (χ2v) is 17.7. The highest BCUT2D eigenvalue weighted by Gasteiger charge is 2.68. The van der Waals surface area contributed by atoms with Gasteiger partial charge >= 0.3 is 0 Å². The lowest BCUT2D eigenvalue weighted by Gasteiger charge is -2.71. The minimum Gasteiger partial charge on any atom is -0.393 e. The molecule has 4 saturated carbocycles. The molecule has 232 valence electrons. The van der Waals surface area contributed by atoms with Gasteiger partial charge in [0.2, 0.25) is 0 Å². The number of nitrogens with zero attached hydrogens (tertiary/aromatic N) is 1. The van der Waals surface area contributed by atoms with Gasteiger partial charge in [0, 0.05) is 50.4 Å². The summed E-state index contributed by atoms with van der Waals surface area (Å²) in [4.78, 5) is 2.60. The zero-order chi connectivity index (χ0) is 29.5. The summed E-state index contributed by atoms with van der Waals surface area (Å²) in [6, 6.07) is 0. The van der Waals surface area contributed by atoms with Crippen molar-refractivity contribution in [2.45, 2.75) is 119 Å². The van der Waals surface area contributed by atoms with E-state index in [0.29, 0.717) is 34.0 Å². The van der Waals surface area contributed by atoms with Crippen LogP contribution in [-0.4, -0.2) is 55.4 Å². The fourth-order valence-corrected chi connectivity index (χ4v) is 12.2. The van der Waals surface area contributed by atoms with E-state index < -0.39 is 0 Å². The van der Waals surface area contributed by atoms with Crippen molar-refractivity contribution in [2.75, 3.05) is 39.3 Å². The third-order valence-electron chi connectivity index (χ3n) is 15.2. The monoisotopic (exact) mass is 565 g/mol. The van der Waals surface area contributed by atoms with E-state index in [1.54, 1.807) is 0 Å². The average Bonchev–Trinajstić information content (AvgIpc) is 2.91. The highest BCUT2D eigenvalue weighted by molar-refractivity contribution is 5.36. The molecule has 4 nitrogen and oxygen atoms in total. The van der Waals surface area contributed by atoms with Gasteiger partial charge in [0.25, 0.3) is 0 Å². The van der Waals surface area contributed by atoms with Crippen molar-refractivity contribution >= 4 is 0 Å². The van der Waals surface area contributed by atoms with Crippen LogP contribution in [0.3, 0.4) is 0 Å². The lowest BCUT2D eigenvalue weighted by atomic mass is 9.33. The smallest absolute Gasteiger partial charge is 0.0594 e. The topological polar surface area (TPSA) is 47.5 Å². The molecule has 0 unspecified atom stereocenters. The minimum atomic E-state index is -0.153. The Labute approximate surface area is 252 Å². The molecule has 1 saturated heterocycles. The van der Waals surface area contributed by atoms with E-state index in [1.807, 2.05) is 5.57 Å². The number of aliphatic hydroxyl groups is 1. The van der Waals surface area contributed by atoms with Crippen molar-refractivity contribution in [1.29, 1.82) is 0 Å². The maximum Gasteiger partial charge on any atom is 0.0594 e. The predicted molar refractivity (Wildman–Crippen MR) is 171 cm³/mol. The number of fused-ring (bicyclic) bond motifs is 7. The molecule has 0 amide bonds. The summed E-state index contributed by atoms with van der Waals surface area (Å²) >= 11 is 0. The first kappa shape index (κ1) is 30.2. The van der Waals surface area contributed by atoms with E-state index >= 15 is 0 Å². The molecule has 1 heterocycles. The Kier molecular flexibility index (Phi) is 7.43. The highest BCUT2D eigenvalue weighted by Crippen LogP contribution is 2.76. The van der Waals surface area contributed by atoms with E-state index in [1.165, 1.54) is 63.5 Å². The van der Waals surface area contributed by atoms with Crippen LogP contribution in [0, 0.1) is 50.2 Å². The number of hydrogen-bond acceptors (Lipinski definition) is 4. The van der Waals surface area contributed by atoms with Crippen molar-refractivity contribution in [1.82, 2.24) is 15.5 Å². The Morgan fingerprint density at radius 2 is 1.66 bits per heavy atom. The molecule has 41 heavy (non-hydrogen) atoms. The molecule has 4 heteroatoms. The Hall–Kier alpha value is -0.840. The van der Waals surface area contributed by atoms with E-state index in [2.05, 4.69) is 70.1 Å². The van der Waals surface area contributed by atoms with Crippen LogP contribution in [0.2, 0.25) is 0 Å². The van der Waals surface area contributed by atoms with Gasteiger partial charge in [-0.1, -0.05) is 66.7 Å². The number of aliphatic hydroxyl groups excluding tert-OH is 1. The van der Waals surface area contributed by atoms with Crippen LogP contribution in [0.25, 0.3) is 0 Å². The second kappa shape index (κ2) is 10.1. The molecule has 6 aliphatic rings. The number of piperazine rings is 1. The summed E-state index contributed by atoms with van der Waals surface area (Å²) in [5, 5.41) is 18.5. The summed E-state index contributed by atoms with van der Waals surface area (Å²) in [5.74, 6) is 1.93. The number of nitrogens with one attached hydrogen (secondary N) is 2. The highest BCUT2D eigenvalue weighted by atomic mass is 16.3. The van der Waals surface area contributed by atoms with Gasteiger partial charge in [0.15, 0.2) is 0 Å². The van der Waals surface area contributed by atoms with Gasteiger partial charge in [0.1, 0.15) is 0 Å². The summed E-state index contributed by atoms with van der Waals surface area (Å²) in [7, 11) is 0. The summed E-state index contributed by atoms with van der Waals surface area (Å²) < 4.78 is 0. The van der Waals surface area contributed by atoms with Crippen molar-refractivity contribution in [3.63, 3.8) is 0 Å². The zero-order valence-electron chi connectivity index (χ0n) is 27.8. The number of rotatable bonds is 5. The second-order valence-electron chi connectivity index (χ2n) is 17.7. The molecule has 5 aliphatic carbocycles. The van der Waals surface area contributed by atoms with Crippen LogP contribution in [0.5, 0.6) is 0 Å².